The number of hydrogen-bond acceptors (Lipinski definition) is 5. The fourth-order valence-electron chi connectivity index (χ4n) is 2.21. The number of carbonyl (C=O) groups excluding carboxylic acids is 2. The quantitative estimate of drug-likeness (QED) is 0.387. The highest BCUT2D eigenvalue weighted by atomic mass is 32.1. The molecule has 136 valence electrons. The molecule has 0 unspecified atom stereocenters. The van der Waals surface area contributed by atoms with Crippen molar-refractivity contribution in [2.75, 3.05) is 32.6 Å². The van der Waals surface area contributed by atoms with E-state index < -0.39 is 6.10 Å². The molecule has 1 atom stereocenters. The summed E-state index contributed by atoms with van der Waals surface area (Å²) < 4.78 is 10.5. The minimum absolute atomic E-state index is 0.114. The average Bonchev–Trinajstić information content (AvgIpc) is 2.59. The minimum atomic E-state index is -0.883. The van der Waals surface area contributed by atoms with Gasteiger partial charge in [-0.25, -0.2) is 0 Å². The van der Waals surface area contributed by atoms with E-state index in [-0.39, 0.29) is 18.2 Å². The molecular formula is C16H22N4O4S. The van der Waals surface area contributed by atoms with Crippen molar-refractivity contribution in [3.63, 3.8) is 0 Å². The molecule has 0 bridgehead atoms. The van der Waals surface area contributed by atoms with E-state index in [1.54, 1.807) is 38.4 Å². The largest absolute Gasteiger partial charge is 0.478 e. The number of carbonyl (C=O) groups is 2. The molecule has 1 aromatic rings. The third-order valence-corrected chi connectivity index (χ3v) is 3.89. The highest BCUT2D eigenvalue weighted by Crippen LogP contribution is 2.29. The summed E-state index contributed by atoms with van der Waals surface area (Å²) in [6.07, 6.45) is -0.198. The monoisotopic (exact) mass is 366 g/mol. The third-order valence-electron chi connectivity index (χ3n) is 3.48. The molecular weight excluding hydrogens is 344 g/mol. The van der Waals surface area contributed by atoms with Gasteiger partial charge in [0.1, 0.15) is 5.75 Å². The second-order valence-corrected chi connectivity index (χ2v) is 5.86. The third kappa shape index (κ3) is 5.57. The van der Waals surface area contributed by atoms with Crippen molar-refractivity contribution in [2.24, 2.45) is 0 Å². The zero-order valence-electron chi connectivity index (χ0n) is 14.2. The first kappa shape index (κ1) is 18.9. The Labute approximate surface area is 151 Å². The standard InChI is InChI=1S/C16H22N4O4S/c1-20(16(25)17-8-5-9-23-2)19-14(21)10-13-15(22)18-11-6-3-4-7-12(11)24-13/h3-4,6-7,13H,5,8-10H2,1-2H3,(H,17,25)(H,18,22)(H,19,21)/t13-/m0/s1. The molecule has 0 saturated carbocycles. The summed E-state index contributed by atoms with van der Waals surface area (Å²) in [5.41, 5.74) is 3.21. The van der Waals surface area contributed by atoms with Crippen LogP contribution < -0.4 is 20.8 Å². The smallest absolute Gasteiger partial charge is 0.266 e. The topological polar surface area (TPSA) is 91.9 Å². The van der Waals surface area contributed by atoms with E-state index in [1.165, 1.54) is 5.01 Å². The van der Waals surface area contributed by atoms with Crippen LogP contribution in [0.2, 0.25) is 0 Å². The Bertz CT molecular complexity index is 640. The molecule has 0 fully saturated rings. The number of benzene rings is 1. The molecule has 1 aromatic carbocycles. The van der Waals surface area contributed by atoms with E-state index in [4.69, 9.17) is 21.7 Å². The van der Waals surface area contributed by atoms with E-state index in [1.807, 2.05) is 0 Å². The predicted molar refractivity (Wildman–Crippen MR) is 97.1 cm³/mol. The van der Waals surface area contributed by atoms with E-state index in [9.17, 15) is 9.59 Å². The summed E-state index contributed by atoms with van der Waals surface area (Å²) in [5, 5.41) is 7.50. The number of methoxy groups -OCH3 is 1. The first-order valence-corrected chi connectivity index (χ1v) is 8.28. The van der Waals surface area contributed by atoms with Crippen LogP contribution in [0.3, 0.4) is 0 Å². The van der Waals surface area contributed by atoms with Gasteiger partial charge in [0.15, 0.2) is 11.2 Å². The number of hydrogen-bond donors (Lipinski definition) is 3. The van der Waals surface area contributed by atoms with Crippen molar-refractivity contribution in [2.45, 2.75) is 18.9 Å². The number of ether oxygens (including phenoxy) is 2. The van der Waals surface area contributed by atoms with Gasteiger partial charge in [-0.15, -0.1) is 0 Å². The zero-order chi connectivity index (χ0) is 18.2. The van der Waals surface area contributed by atoms with Crippen LogP contribution in [-0.4, -0.2) is 55.3 Å². The molecule has 0 spiro atoms. The number of amides is 2. The van der Waals surface area contributed by atoms with Crippen molar-refractivity contribution in [3.05, 3.63) is 24.3 Å². The lowest BCUT2D eigenvalue weighted by Crippen LogP contribution is -2.50. The SMILES string of the molecule is COCCCNC(=S)N(C)NC(=O)C[C@@H]1Oc2ccccc2NC1=O. The van der Waals surface area contributed by atoms with Gasteiger partial charge in [0.25, 0.3) is 5.91 Å². The summed E-state index contributed by atoms with van der Waals surface area (Å²) in [5.74, 6) is -0.177. The highest BCUT2D eigenvalue weighted by molar-refractivity contribution is 7.80. The molecule has 0 saturated heterocycles. The van der Waals surface area contributed by atoms with Crippen molar-refractivity contribution < 1.29 is 19.1 Å². The van der Waals surface area contributed by atoms with Crippen LogP contribution in [0.15, 0.2) is 24.3 Å². The Kier molecular flexibility index (Phi) is 6.96. The summed E-state index contributed by atoms with van der Waals surface area (Å²) in [6.45, 7) is 1.26. The molecule has 1 aliphatic rings. The molecule has 8 nitrogen and oxygen atoms in total. The minimum Gasteiger partial charge on any atom is -0.478 e. The van der Waals surface area contributed by atoms with Crippen molar-refractivity contribution in [3.8, 4) is 5.75 Å². The summed E-state index contributed by atoms with van der Waals surface area (Å²) in [6, 6.07) is 7.08. The van der Waals surface area contributed by atoms with Crippen LogP contribution in [0.1, 0.15) is 12.8 Å². The van der Waals surface area contributed by atoms with E-state index in [0.717, 1.165) is 6.42 Å². The van der Waals surface area contributed by atoms with E-state index >= 15 is 0 Å². The highest BCUT2D eigenvalue weighted by Gasteiger charge is 2.29. The molecule has 0 aromatic heterocycles. The van der Waals surface area contributed by atoms with Gasteiger partial charge in [-0.1, -0.05) is 12.1 Å². The lowest BCUT2D eigenvalue weighted by Gasteiger charge is -2.27. The van der Waals surface area contributed by atoms with E-state index in [0.29, 0.717) is 29.7 Å². The fraction of sp³-hybridized carbons (Fsp3) is 0.438. The van der Waals surface area contributed by atoms with Gasteiger partial charge in [-0.3, -0.25) is 20.0 Å². The van der Waals surface area contributed by atoms with Gasteiger partial charge in [0.05, 0.1) is 12.1 Å². The molecule has 2 rings (SSSR count). The van der Waals surface area contributed by atoms with Gasteiger partial charge in [0, 0.05) is 27.3 Å². The Morgan fingerprint density at radius 2 is 2.20 bits per heavy atom. The van der Waals surface area contributed by atoms with Crippen LogP contribution in [-0.2, 0) is 14.3 Å². The number of fused-ring (bicyclic) bond motifs is 1. The number of thiocarbonyl (C=S) groups is 1. The fourth-order valence-corrected chi connectivity index (χ4v) is 2.36. The predicted octanol–water partition coefficient (Wildman–Crippen LogP) is 0.650. The summed E-state index contributed by atoms with van der Waals surface area (Å²) in [7, 11) is 3.26. The van der Waals surface area contributed by atoms with Crippen molar-refractivity contribution in [1.82, 2.24) is 15.8 Å². The average molecular weight is 366 g/mol. The molecule has 2 amide bonds. The Morgan fingerprint density at radius 3 is 2.96 bits per heavy atom. The van der Waals surface area contributed by atoms with Gasteiger partial charge in [-0.2, -0.15) is 0 Å². The lowest BCUT2D eigenvalue weighted by atomic mass is 10.1. The number of nitrogens with zero attached hydrogens (tertiary/aromatic N) is 1. The van der Waals surface area contributed by atoms with Gasteiger partial charge < -0.3 is 20.1 Å². The Balaban J connectivity index is 1.80. The first-order chi connectivity index (χ1) is 12.0. The van der Waals surface area contributed by atoms with Crippen LogP contribution in [0, 0.1) is 0 Å². The number of para-hydroxylation sites is 2. The number of anilines is 1. The molecule has 1 aliphatic heterocycles. The maximum atomic E-state index is 12.1. The van der Waals surface area contributed by atoms with Crippen molar-refractivity contribution in [1.29, 1.82) is 0 Å². The Hall–Kier alpha value is -2.39. The van der Waals surface area contributed by atoms with E-state index in [2.05, 4.69) is 16.1 Å². The van der Waals surface area contributed by atoms with Crippen LogP contribution in [0.25, 0.3) is 0 Å². The lowest BCUT2D eigenvalue weighted by molar-refractivity contribution is -0.132. The number of hydrazine groups is 1. The maximum absolute atomic E-state index is 12.1. The van der Waals surface area contributed by atoms with Crippen molar-refractivity contribution >= 4 is 34.8 Å². The molecule has 9 heteroatoms. The Morgan fingerprint density at radius 1 is 1.44 bits per heavy atom. The second-order valence-electron chi connectivity index (χ2n) is 5.47. The molecule has 3 N–H and O–H groups in total. The van der Waals surface area contributed by atoms with Crippen LogP contribution in [0.4, 0.5) is 5.69 Å². The molecule has 0 radical (unpaired) electrons. The first-order valence-electron chi connectivity index (χ1n) is 7.87. The maximum Gasteiger partial charge on any atom is 0.266 e. The number of nitrogens with one attached hydrogen (secondary N) is 3. The normalized spacial score (nSPS) is 15.4. The van der Waals surface area contributed by atoms with Gasteiger partial charge >= 0.3 is 0 Å². The number of rotatable bonds is 6. The second kappa shape index (κ2) is 9.19. The van der Waals surface area contributed by atoms with Crippen LogP contribution in [0.5, 0.6) is 5.75 Å². The molecule has 25 heavy (non-hydrogen) atoms. The zero-order valence-corrected chi connectivity index (χ0v) is 15.0. The van der Waals surface area contributed by atoms with Gasteiger partial charge in [-0.05, 0) is 30.8 Å². The molecule has 1 heterocycles. The summed E-state index contributed by atoms with van der Waals surface area (Å²) in [4.78, 5) is 24.2. The van der Waals surface area contributed by atoms with Crippen LogP contribution >= 0.6 is 12.2 Å². The summed E-state index contributed by atoms with van der Waals surface area (Å²) >= 11 is 5.17. The molecule has 0 aliphatic carbocycles. The van der Waals surface area contributed by atoms with Gasteiger partial charge in [0.2, 0.25) is 5.91 Å².